The number of methoxy groups -OCH3 is 2. The van der Waals surface area contributed by atoms with Gasteiger partial charge in [-0.05, 0) is 41.8 Å². The fourth-order valence-corrected chi connectivity index (χ4v) is 3.32. The number of sulfonamides is 1. The number of hydrogen-bond acceptors (Lipinski definition) is 7. The van der Waals surface area contributed by atoms with Crippen molar-refractivity contribution in [3.05, 3.63) is 59.2 Å². The van der Waals surface area contributed by atoms with Crippen molar-refractivity contribution in [1.82, 2.24) is 9.62 Å². The maximum Gasteiger partial charge on any atom is 0.338 e. The van der Waals surface area contributed by atoms with Gasteiger partial charge in [-0.15, -0.1) is 0 Å². The fraction of sp³-hybridized carbons (Fsp3) is 0.364. The number of esters is 1. The lowest BCUT2D eigenvalue weighted by Crippen LogP contribution is -2.30. The first kappa shape index (κ1) is 25.2. The van der Waals surface area contributed by atoms with Gasteiger partial charge in [0.2, 0.25) is 10.0 Å². The minimum absolute atomic E-state index is 0.267. The van der Waals surface area contributed by atoms with Crippen LogP contribution < -0.4 is 14.2 Å². The molecule has 0 saturated heterocycles. The van der Waals surface area contributed by atoms with E-state index >= 15 is 0 Å². The van der Waals surface area contributed by atoms with Crippen LogP contribution in [0.4, 0.5) is 0 Å². The average Bonchev–Trinajstić information content (AvgIpc) is 2.76. The Morgan fingerprint density at radius 3 is 2.19 bits per heavy atom. The van der Waals surface area contributed by atoms with Crippen molar-refractivity contribution in [3.63, 3.8) is 0 Å². The van der Waals surface area contributed by atoms with Crippen LogP contribution in [-0.4, -0.2) is 65.9 Å². The molecule has 9 nitrogen and oxygen atoms in total. The lowest BCUT2D eigenvalue weighted by Gasteiger charge is -2.18. The van der Waals surface area contributed by atoms with E-state index < -0.39 is 16.0 Å². The Balaban J connectivity index is 1.84. The summed E-state index contributed by atoms with van der Waals surface area (Å²) in [4.78, 5) is 26.0. The van der Waals surface area contributed by atoms with E-state index in [4.69, 9.17) is 14.2 Å². The highest BCUT2D eigenvalue weighted by atomic mass is 32.2. The fourth-order valence-electron chi connectivity index (χ4n) is 2.85. The second-order valence-electron chi connectivity index (χ2n) is 7.13. The summed E-state index contributed by atoms with van der Waals surface area (Å²) in [5.74, 6) is 0.194. The molecule has 0 bridgehead atoms. The standard InChI is InChI=1S/C22H28N2O7S/c1-24(14-17-7-10-19(29-2)20(13-17)30-3)21(25)15-31-22(26)18-8-5-16(6-9-18)11-12-23-32(4,27)28/h5-10,13,23H,11-12,14-15H2,1-4H3. The van der Waals surface area contributed by atoms with Gasteiger partial charge in [0.05, 0.1) is 26.0 Å². The number of carbonyl (C=O) groups excluding carboxylic acids is 2. The smallest absolute Gasteiger partial charge is 0.338 e. The zero-order valence-corrected chi connectivity index (χ0v) is 19.4. The van der Waals surface area contributed by atoms with E-state index in [1.165, 1.54) is 12.0 Å². The Kier molecular flexibility index (Phi) is 9.03. The first-order valence-corrected chi connectivity index (χ1v) is 11.7. The molecule has 0 heterocycles. The van der Waals surface area contributed by atoms with E-state index in [1.54, 1.807) is 50.6 Å². The predicted octanol–water partition coefficient (Wildman–Crippen LogP) is 1.61. The third-order valence-corrected chi connectivity index (χ3v) is 5.32. The summed E-state index contributed by atoms with van der Waals surface area (Å²) in [5, 5.41) is 0. The van der Waals surface area contributed by atoms with Crippen LogP contribution in [-0.2, 0) is 32.5 Å². The summed E-state index contributed by atoms with van der Waals surface area (Å²) in [7, 11) is 1.46. The number of hydrogen-bond donors (Lipinski definition) is 1. The van der Waals surface area contributed by atoms with Gasteiger partial charge >= 0.3 is 5.97 Å². The number of likely N-dealkylation sites (N-methyl/N-ethyl adjacent to an activating group) is 1. The molecule has 0 aliphatic carbocycles. The molecule has 0 aliphatic rings. The number of amides is 1. The van der Waals surface area contributed by atoms with Crippen LogP contribution in [0, 0.1) is 0 Å². The van der Waals surface area contributed by atoms with Gasteiger partial charge in [0, 0.05) is 20.1 Å². The highest BCUT2D eigenvalue weighted by Crippen LogP contribution is 2.27. The molecule has 1 amide bonds. The topological polar surface area (TPSA) is 111 Å². The average molecular weight is 465 g/mol. The summed E-state index contributed by atoms with van der Waals surface area (Å²) < 4.78 is 40.2. The maximum absolute atomic E-state index is 12.4. The first-order valence-electron chi connectivity index (χ1n) is 9.78. The largest absolute Gasteiger partial charge is 0.493 e. The monoisotopic (exact) mass is 464 g/mol. The van der Waals surface area contributed by atoms with Gasteiger partial charge < -0.3 is 19.1 Å². The minimum Gasteiger partial charge on any atom is -0.493 e. The molecule has 0 spiro atoms. The second-order valence-corrected chi connectivity index (χ2v) is 8.96. The van der Waals surface area contributed by atoms with E-state index in [9.17, 15) is 18.0 Å². The van der Waals surface area contributed by atoms with Crippen LogP contribution in [0.3, 0.4) is 0 Å². The van der Waals surface area contributed by atoms with Crippen molar-refractivity contribution >= 4 is 21.9 Å². The zero-order chi connectivity index (χ0) is 23.7. The second kappa shape index (κ2) is 11.5. The summed E-state index contributed by atoms with van der Waals surface area (Å²) in [6.45, 7) is 0.194. The highest BCUT2D eigenvalue weighted by Gasteiger charge is 2.15. The van der Waals surface area contributed by atoms with E-state index in [0.717, 1.165) is 17.4 Å². The summed E-state index contributed by atoms with van der Waals surface area (Å²) in [5.41, 5.74) is 2.01. The SMILES string of the molecule is COc1ccc(CN(C)C(=O)COC(=O)c2ccc(CCNS(C)(=O)=O)cc2)cc1OC. The summed E-state index contributed by atoms with van der Waals surface area (Å²) in [6, 6.07) is 11.9. The van der Waals surface area contributed by atoms with Gasteiger partial charge in [0.1, 0.15) is 0 Å². The van der Waals surface area contributed by atoms with Crippen molar-refractivity contribution in [2.75, 3.05) is 40.7 Å². The number of rotatable bonds is 11. The van der Waals surface area contributed by atoms with Gasteiger partial charge in [0.15, 0.2) is 18.1 Å². The van der Waals surface area contributed by atoms with Crippen molar-refractivity contribution in [2.45, 2.75) is 13.0 Å². The van der Waals surface area contributed by atoms with E-state index in [1.807, 2.05) is 6.07 Å². The van der Waals surface area contributed by atoms with Crippen LogP contribution >= 0.6 is 0 Å². The molecule has 1 N–H and O–H groups in total. The molecular weight excluding hydrogens is 436 g/mol. The Hall–Kier alpha value is -3.11. The molecule has 0 unspecified atom stereocenters. The Morgan fingerprint density at radius 2 is 1.59 bits per heavy atom. The van der Waals surface area contributed by atoms with Gasteiger partial charge in [0.25, 0.3) is 5.91 Å². The molecule has 0 saturated carbocycles. The number of nitrogens with one attached hydrogen (secondary N) is 1. The van der Waals surface area contributed by atoms with E-state index in [2.05, 4.69) is 4.72 Å². The van der Waals surface area contributed by atoms with E-state index in [0.29, 0.717) is 30.0 Å². The molecule has 32 heavy (non-hydrogen) atoms. The van der Waals surface area contributed by atoms with Crippen LogP contribution in [0.25, 0.3) is 0 Å². The van der Waals surface area contributed by atoms with Crippen LogP contribution in [0.1, 0.15) is 21.5 Å². The lowest BCUT2D eigenvalue weighted by molar-refractivity contribution is -0.133. The first-order chi connectivity index (χ1) is 15.1. The quantitative estimate of drug-likeness (QED) is 0.503. The third kappa shape index (κ3) is 7.86. The Bertz CT molecular complexity index is 1040. The maximum atomic E-state index is 12.4. The number of carbonyl (C=O) groups is 2. The van der Waals surface area contributed by atoms with Crippen molar-refractivity contribution in [1.29, 1.82) is 0 Å². The number of nitrogens with zero attached hydrogens (tertiary/aromatic N) is 1. The highest BCUT2D eigenvalue weighted by molar-refractivity contribution is 7.88. The molecule has 0 fully saturated rings. The molecular formula is C22H28N2O7S. The zero-order valence-electron chi connectivity index (χ0n) is 18.6. The Morgan fingerprint density at radius 1 is 0.969 bits per heavy atom. The molecule has 0 atom stereocenters. The van der Waals surface area contributed by atoms with Crippen LogP contribution in [0.2, 0.25) is 0 Å². The molecule has 2 aromatic carbocycles. The van der Waals surface area contributed by atoms with Crippen LogP contribution in [0.15, 0.2) is 42.5 Å². The van der Waals surface area contributed by atoms with Gasteiger partial charge in [-0.1, -0.05) is 18.2 Å². The lowest BCUT2D eigenvalue weighted by atomic mass is 10.1. The normalized spacial score (nSPS) is 11.0. The third-order valence-electron chi connectivity index (χ3n) is 4.59. The molecule has 2 rings (SSSR count). The van der Waals surface area contributed by atoms with Crippen molar-refractivity contribution in [3.8, 4) is 11.5 Å². The van der Waals surface area contributed by atoms with Gasteiger partial charge in [-0.3, -0.25) is 4.79 Å². The number of ether oxygens (including phenoxy) is 3. The number of benzene rings is 2. The molecule has 0 radical (unpaired) electrons. The Labute approximate surface area is 188 Å². The van der Waals surface area contributed by atoms with Crippen molar-refractivity contribution in [2.24, 2.45) is 0 Å². The van der Waals surface area contributed by atoms with Crippen molar-refractivity contribution < 1.29 is 32.2 Å². The summed E-state index contributed by atoms with van der Waals surface area (Å²) >= 11 is 0. The molecule has 0 aromatic heterocycles. The van der Waals surface area contributed by atoms with Gasteiger partial charge in [-0.25, -0.2) is 17.9 Å². The molecule has 10 heteroatoms. The van der Waals surface area contributed by atoms with E-state index in [-0.39, 0.29) is 19.1 Å². The molecule has 2 aromatic rings. The minimum atomic E-state index is -3.24. The summed E-state index contributed by atoms with van der Waals surface area (Å²) in [6.07, 6.45) is 1.58. The van der Waals surface area contributed by atoms with Gasteiger partial charge in [-0.2, -0.15) is 0 Å². The molecule has 0 aliphatic heterocycles. The predicted molar refractivity (Wildman–Crippen MR) is 119 cm³/mol. The van der Waals surface area contributed by atoms with Crippen LogP contribution in [0.5, 0.6) is 11.5 Å². The molecule has 174 valence electrons.